The van der Waals surface area contributed by atoms with Crippen LogP contribution in [0.5, 0.6) is 0 Å². The molecule has 0 radical (unpaired) electrons. The van der Waals surface area contributed by atoms with Crippen molar-refractivity contribution in [2.24, 2.45) is 0 Å². The van der Waals surface area contributed by atoms with Gasteiger partial charge < -0.3 is 9.09 Å². The number of aromatic nitrogens is 4. The molecule has 0 bridgehead atoms. The zero-order valence-corrected chi connectivity index (χ0v) is 15.7. The summed E-state index contributed by atoms with van der Waals surface area (Å²) in [7, 11) is 0. The zero-order valence-electron chi connectivity index (χ0n) is 14.9. The topological polar surface area (TPSA) is 73.8 Å². The van der Waals surface area contributed by atoms with Crippen molar-refractivity contribution in [3.8, 4) is 22.8 Å². The van der Waals surface area contributed by atoms with E-state index in [1.54, 1.807) is 17.6 Å². The van der Waals surface area contributed by atoms with Crippen molar-refractivity contribution in [2.75, 3.05) is 0 Å². The normalized spacial score (nSPS) is 11.2. The first kappa shape index (κ1) is 17.4. The molecule has 4 aromatic rings. The maximum absolute atomic E-state index is 12.4. The molecule has 0 atom stereocenters. The fourth-order valence-corrected chi connectivity index (χ4v) is 3.26. The van der Waals surface area contributed by atoms with Gasteiger partial charge in [0, 0.05) is 12.1 Å². The fraction of sp³-hybridized carbons (Fsp3) is 0.200. The van der Waals surface area contributed by atoms with Gasteiger partial charge in [0.1, 0.15) is 5.69 Å². The van der Waals surface area contributed by atoms with Gasteiger partial charge in [0.05, 0.1) is 21.6 Å². The third-order valence-corrected chi connectivity index (χ3v) is 4.67. The molecular formula is C20H17ClN4O2. The predicted molar refractivity (Wildman–Crippen MR) is 105 cm³/mol. The molecule has 0 aliphatic rings. The second-order valence-corrected chi connectivity index (χ2v) is 6.67. The molecule has 0 unspecified atom stereocenters. The van der Waals surface area contributed by atoms with E-state index in [0.29, 0.717) is 34.5 Å². The second-order valence-electron chi connectivity index (χ2n) is 6.26. The monoisotopic (exact) mass is 380 g/mol. The van der Waals surface area contributed by atoms with Crippen molar-refractivity contribution in [1.29, 1.82) is 0 Å². The number of halogens is 1. The molecule has 7 heteroatoms. The number of hydrogen-bond donors (Lipinski definition) is 0. The third kappa shape index (κ3) is 3.13. The quantitative estimate of drug-likeness (QED) is 0.521. The second kappa shape index (κ2) is 6.96. The van der Waals surface area contributed by atoms with Gasteiger partial charge in [-0.3, -0.25) is 4.79 Å². The molecule has 0 aliphatic carbocycles. The summed E-state index contributed by atoms with van der Waals surface area (Å²) in [5.74, 6) is 0.801. The van der Waals surface area contributed by atoms with Crippen LogP contribution in [0.25, 0.3) is 33.9 Å². The van der Waals surface area contributed by atoms with Gasteiger partial charge in [-0.2, -0.15) is 4.98 Å². The molecule has 2 aromatic heterocycles. The Kier molecular flexibility index (Phi) is 4.49. The minimum absolute atomic E-state index is 0.0577. The number of fused-ring (bicyclic) bond motifs is 1. The maximum atomic E-state index is 12.4. The highest BCUT2D eigenvalue weighted by Crippen LogP contribution is 2.28. The lowest BCUT2D eigenvalue weighted by molar-refractivity contribution is 0.432. The van der Waals surface area contributed by atoms with Gasteiger partial charge in [-0.05, 0) is 43.7 Å². The first-order chi connectivity index (χ1) is 13.1. The predicted octanol–water partition coefficient (Wildman–Crippen LogP) is 4.49. The van der Waals surface area contributed by atoms with Crippen LogP contribution in [0.1, 0.15) is 19.0 Å². The van der Waals surface area contributed by atoms with E-state index >= 15 is 0 Å². The van der Waals surface area contributed by atoms with Gasteiger partial charge in [0.15, 0.2) is 0 Å². The van der Waals surface area contributed by atoms with E-state index in [1.807, 2.05) is 43.3 Å². The van der Waals surface area contributed by atoms with Crippen LogP contribution >= 0.6 is 11.6 Å². The summed E-state index contributed by atoms with van der Waals surface area (Å²) in [6, 6.07) is 12.9. The van der Waals surface area contributed by atoms with E-state index in [9.17, 15) is 4.79 Å². The van der Waals surface area contributed by atoms with Crippen LogP contribution in [0.2, 0.25) is 5.02 Å². The van der Waals surface area contributed by atoms with Crippen molar-refractivity contribution in [1.82, 2.24) is 19.7 Å². The lowest BCUT2D eigenvalue weighted by Gasteiger charge is -2.10. The Labute approximate surface area is 160 Å². The van der Waals surface area contributed by atoms with Crippen LogP contribution < -0.4 is 5.56 Å². The molecule has 0 N–H and O–H groups in total. The highest BCUT2D eigenvalue weighted by Gasteiger charge is 2.15. The number of aryl methyl sites for hydroxylation is 2. The highest BCUT2D eigenvalue weighted by molar-refractivity contribution is 6.33. The van der Waals surface area contributed by atoms with Crippen LogP contribution in [0.3, 0.4) is 0 Å². The smallest absolute Gasteiger partial charge is 0.272 e. The van der Waals surface area contributed by atoms with Crippen molar-refractivity contribution >= 4 is 22.6 Å². The van der Waals surface area contributed by atoms with Crippen molar-refractivity contribution in [2.45, 2.75) is 26.8 Å². The average molecular weight is 381 g/mol. The third-order valence-electron chi connectivity index (χ3n) is 4.34. The van der Waals surface area contributed by atoms with Crippen LogP contribution in [0, 0.1) is 6.92 Å². The van der Waals surface area contributed by atoms with E-state index < -0.39 is 0 Å². The molecule has 0 amide bonds. The van der Waals surface area contributed by atoms with Gasteiger partial charge in [0.2, 0.25) is 5.82 Å². The molecule has 0 spiro atoms. The lowest BCUT2D eigenvalue weighted by Crippen LogP contribution is -2.24. The summed E-state index contributed by atoms with van der Waals surface area (Å²) in [6.45, 7) is 4.42. The summed E-state index contributed by atoms with van der Waals surface area (Å²) in [5.41, 5.74) is 3.38. The Balaban J connectivity index is 1.81. The summed E-state index contributed by atoms with van der Waals surface area (Å²) < 4.78 is 7.14. The molecule has 0 aliphatic heterocycles. The molecule has 136 valence electrons. The van der Waals surface area contributed by atoms with E-state index in [2.05, 4.69) is 15.1 Å². The maximum Gasteiger partial charge on any atom is 0.272 e. The molecule has 0 fully saturated rings. The SMILES string of the molecule is CCCn1c(=O)c(C)nc2cc(-c3noc(-c4ccccc4Cl)n3)ccc21. The number of hydrogen-bond acceptors (Lipinski definition) is 5. The number of benzene rings is 2. The average Bonchev–Trinajstić information content (AvgIpc) is 3.15. The molecule has 2 aromatic carbocycles. The lowest BCUT2D eigenvalue weighted by atomic mass is 10.1. The molecule has 2 heterocycles. The van der Waals surface area contributed by atoms with Gasteiger partial charge in [-0.25, -0.2) is 4.98 Å². The number of nitrogens with zero attached hydrogens (tertiary/aromatic N) is 4. The molecule has 0 saturated carbocycles. The minimum atomic E-state index is -0.0577. The highest BCUT2D eigenvalue weighted by atomic mass is 35.5. The fourth-order valence-electron chi connectivity index (χ4n) is 3.04. The van der Waals surface area contributed by atoms with E-state index in [1.165, 1.54) is 0 Å². The number of rotatable bonds is 4. The summed E-state index contributed by atoms with van der Waals surface area (Å²) in [5, 5.41) is 4.62. The van der Waals surface area contributed by atoms with E-state index in [4.69, 9.17) is 16.1 Å². The van der Waals surface area contributed by atoms with Gasteiger partial charge in [-0.1, -0.05) is 35.8 Å². The van der Waals surface area contributed by atoms with E-state index in [0.717, 1.165) is 23.0 Å². The van der Waals surface area contributed by atoms with Crippen LogP contribution in [-0.4, -0.2) is 19.7 Å². The zero-order chi connectivity index (χ0) is 19.0. The first-order valence-corrected chi connectivity index (χ1v) is 9.06. The van der Waals surface area contributed by atoms with Crippen LogP contribution in [0.15, 0.2) is 51.8 Å². The van der Waals surface area contributed by atoms with Crippen LogP contribution in [-0.2, 0) is 6.54 Å². The molecule has 27 heavy (non-hydrogen) atoms. The molecule has 4 rings (SSSR count). The Hall–Kier alpha value is -2.99. The Morgan fingerprint density at radius 1 is 1.15 bits per heavy atom. The largest absolute Gasteiger partial charge is 0.334 e. The molecule has 6 nitrogen and oxygen atoms in total. The van der Waals surface area contributed by atoms with Gasteiger partial charge in [0.25, 0.3) is 11.4 Å². The standard InChI is InChI=1S/C20H17ClN4O2/c1-3-10-25-17-9-8-13(11-16(17)22-12(2)20(25)26)18-23-19(27-24-18)14-6-4-5-7-15(14)21/h4-9,11H,3,10H2,1-2H3. The molecular weight excluding hydrogens is 364 g/mol. The van der Waals surface area contributed by atoms with Crippen molar-refractivity contribution in [3.05, 3.63) is 63.5 Å². The van der Waals surface area contributed by atoms with Gasteiger partial charge >= 0.3 is 0 Å². The first-order valence-electron chi connectivity index (χ1n) is 8.68. The van der Waals surface area contributed by atoms with Crippen molar-refractivity contribution < 1.29 is 4.52 Å². The van der Waals surface area contributed by atoms with E-state index in [-0.39, 0.29) is 5.56 Å². The Bertz CT molecular complexity index is 1200. The van der Waals surface area contributed by atoms with Crippen molar-refractivity contribution in [3.63, 3.8) is 0 Å². The Morgan fingerprint density at radius 2 is 1.96 bits per heavy atom. The Morgan fingerprint density at radius 3 is 2.74 bits per heavy atom. The summed E-state index contributed by atoms with van der Waals surface area (Å²) in [6.07, 6.45) is 0.867. The van der Waals surface area contributed by atoms with Crippen LogP contribution in [0.4, 0.5) is 0 Å². The minimum Gasteiger partial charge on any atom is -0.334 e. The summed E-state index contributed by atoms with van der Waals surface area (Å²) >= 11 is 6.20. The summed E-state index contributed by atoms with van der Waals surface area (Å²) in [4.78, 5) is 21.3. The molecule has 0 saturated heterocycles. The van der Waals surface area contributed by atoms with Gasteiger partial charge in [-0.15, -0.1) is 0 Å².